The van der Waals surface area contributed by atoms with Crippen LogP contribution in [0.2, 0.25) is 0 Å². The van der Waals surface area contributed by atoms with Crippen LogP contribution in [-0.2, 0) is 6.42 Å². The minimum atomic E-state index is 0.106. The lowest BCUT2D eigenvalue weighted by molar-refractivity contribution is 0.0982. The summed E-state index contributed by atoms with van der Waals surface area (Å²) in [6.45, 7) is 5.60. The average molecular weight is 317 g/mol. The highest BCUT2D eigenvalue weighted by Crippen LogP contribution is 2.22. The van der Waals surface area contributed by atoms with Crippen molar-refractivity contribution in [2.24, 2.45) is 0 Å². The largest absolute Gasteiger partial charge is 0.441 e. The third kappa shape index (κ3) is 3.51. The molecular formula is C21H19NO2. The Morgan fingerprint density at radius 2 is 1.83 bits per heavy atom. The predicted molar refractivity (Wildman–Crippen MR) is 95.9 cm³/mol. The van der Waals surface area contributed by atoms with E-state index in [0.717, 1.165) is 22.6 Å². The first kappa shape index (κ1) is 15.9. The van der Waals surface area contributed by atoms with Crippen LogP contribution in [0.3, 0.4) is 0 Å². The number of hydrogen-bond acceptors (Lipinski definition) is 3. The van der Waals surface area contributed by atoms with Crippen molar-refractivity contribution in [1.29, 1.82) is 0 Å². The van der Waals surface area contributed by atoms with Gasteiger partial charge < -0.3 is 4.42 Å². The van der Waals surface area contributed by atoms with E-state index in [1.54, 1.807) is 6.08 Å². The van der Waals surface area contributed by atoms with E-state index in [4.69, 9.17) is 4.42 Å². The van der Waals surface area contributed by atoms with E-state index in [9.17, 15) is 4.79 Å². The molecule has 120 valence electrons. The number of Topliss-reactive ketones (excluding diaryl/α,β-unsaturated/α-hetero) is 1. The molecule has 24 heavy (non-hydrogen) atoms. The molecule has 3 nitrogen and oxygen atoms in total. The van der Waals surface area contributed by atoms with Gasteiger partial charge in [-0.15, -0.1) is 0 Å². The van der Waals surface area contributed by atoms with E-state index in [2.05, 4.69) is 11.6 Å². The number of rotatable bonds is 6. The maximum atomic E-state index is 12.3. The van der Waals surface area contributed by atoms with Gasteiger partial charge in [-0.2, -0.15) is 0 Å². The minimum absolute atomic E-state index is 0.106. The Morgan fingerprint density at radius 1 is 1.12 bits per heavy atom. The number of ketones is 1. The second-order valence-corrected chi connectivity index (χ2v) is 5.64. The van der Waals surface area contributed by atoms with Crippen LogP contribution in [0.15, 0.2) is 65.6 Å². The second-order valence-electron chi connectivity index (χ2n) is 5.64. The first-order valence-corrected chi connectivity index (χ1v) is 7.95. The number of carbonyl (C=O) groups is 1. The molecule has 0 unspecified atom stereocenters. The zero-order valence-corrected chi connectivity index (χ0v) is 13.7. The zero-order chi connectivity index (χ0) is 16.9. The highest BCUT2D eigenvalue weighted by atomic mass is 16.4. The Kier molecular flexibility index (Phi) is 4.71. The molecule has 0 radical (unpaired) electrons. The Balaban J connectivity index is 1.69. The summed E-state index contributed by atoms with van der Waals surface area (Å²) in [6.07, 6.45) is 2.75. The second kappa shape index (κ2) is 7.09. The normalized spacial score (nSPS) is 10.5. The SMILES string of the molecule is C=Cc1ccc(C(=O)CCc2nc(-c3ccccc3)oc2C)cc1. The van der Waals surface area contributed by atoms with Crippen molar-refractivity contribution in [3.8, 4) is 11.5 Å². The number of benzene rings is 2. The molecule has 0 amide bonds. The highest BCUT2D eigenvalue weighted by Gasteiger charge is 2.13. The van der Waals surface area contributed by atoms with Gasteiger partial charge in [0.2, 0.25) is 5.89 Å². The van der Waals surface area contributed by atoms with Gasteiger partial charge in [-0.3, -0.25) is 4.79 Å². The average Bonchev–Trinajstić information content (AvgIpc) is 3.01. The lowest BCUT2D eigenvalue weighted by atomic mass is 10.0. The van der Waals surface area contributed by atoms with Gasteiger partial charge in [-0.25, -0.2) is 4.98 Å². The Labute approximate surface area is 141 Å². The summed E-state index contributed by atoms with van der Waals surface area (Å²) in [5.74, 6) is 1.48. The van der Waals surface area contributed by atoms with Crippen molar-refractivity contribution in [2.75, 3.05) is 0 Å². The minimum Gasteiger partial charge on any atom is -0.441 e. The molecule has 0 saturated heterocycles. The topological polar surface area (TPSA) is 43.1 Å². The van der Waals surface area contributed by atoms with Crippen LogP contribution in [0.4, 0.5) is 0 Å². The summed E-state index contributed by atoms with van der Waals surface area (Å²) in [6, 6.07) is 17.2. The standard InChI is InChI=1S/C21H19NO2/c1-3-16-9-11-17(12-10-16)20(23)14-13-19-15(2)24-21(22-19)18-7-5-4-6-8-18/h3-12H,1,13-14H2,2H3. The monoisotopic (exact) mass is 317 g/mol. The number of carbonyl (C=O) groups excluding carboxylic acids is 1. The fourth-order valence-electron chi connectivity index (χ4n) is 2.55. The van der Waals surface area contributed by atoms with Crippen molar-refractivity contribution in [3.05, 3.63) is 83.8 Å². The summed E-state index contributed by atoms with van der Waals surface area (Å²) in [4.78, 5) is 16.9. The van der Waals surface area contributed by atoms with E-state index in [-0.39, 0.29) is 5.78 Å². The van der Waals surface area contributed by atoms with Gasteiger partial charge in [-0.05, 0) is 24.6 Å². The Bertz CT molecular complexity index is 845. The first-order valence-electron chi connectivity index (χ1n) is 7.95. The molecule has 0 saturated carbocycles. The third-order valence-electron chi connectivity index (χ3n) is 3.97. The van der Waals surface area contributed by atoms with E-state index in [1.807, 2.05) is 61.5 Å². The molecule has 3 heteroatoms. The van der Waals surface area contributed by atoms with Gasteiger partial charge in [0.15, 0.2) is 5.78 Å². The number of aryl methyl sites for hydroxylation is 2. The molecule has 1 aromatic heterocycles. The van der Waals surface area contributed by atoms with Gasteiger partial charge in [0.25, 0.3) is 0 Å². The molecule has 0 spiro atoms. The smallest absolute Gasteiger partial charge is 0.226 e. The molecule has 0 aliphatic carbocycles. The summed E-state index contributed by atoms with van der Waals surface area (Å²) in [7, 11) is 0. The van der Waals surface area contributed by atoms with Crippen LogP contribution in [0.25, 0.3) is 17.5 Å². The lowest BCUT2D eigenvalue weighted by Gasteiger charge is -2.01. The van der Waals surface area contributed by atoms with Gasteiger partial charge in [0, 0.05) is 24.0 Å². The molecule has 0 aliphatic rings. The van der Waals surface area contributed by atoms with Crippen LogP contribution in [0, 0.1) is 6.92 Å². The highest BCUT2D eigenvalue weighted by molar-refractivity contribution is 5.96. The van der Waals surface area contributed by atoms with Crippen molar-refractivity contribution in [3.63, 3.8) is 0 Å². The first-order chi connectivity index (χ1) is 11.7. The fraction of sp³-hybridized carbons (Fsp3) is 0.143. The molecule has 0 atom stereocenters. The maximum absolute atomic E-state index is 12.3. The van der Waals surface area contributed by atoms with Gasteiger partial charge in [0.05, 0.1) is 5.69 Å². The molecule has 0 bridgehead atoms. The van der Waals surface area contributed by atoms with E-state index < -0.39 is 0 Å². The summed E-state index contributed by atoms with van der Waals surface area (Å²) >= 11 is 0. The van der Waals surface area contributed by atoms with Crippen molar-refractivity contribution in [1.82, 2.24) is 4.98 Å². The van der Waals surface area contributed by atoms with Crippen LogP contribution >= 0.6 is 0 Å². The van der Waals surface area contributed by atoms with Crippen molar-refractivity contribution < 1.29 is 9.21 Å². The Morgan fingerprint density at radius 3 is 2.50 bits per heavy atom. The summed E-state index contributed by atoms with van der Waals surface area (Å²) in [5, 5.41) is 0. The molecule has 0 fully saturated rings. The molecule has 2 aromatic carbocycles. The fourth-order valence-corrected chi connectivity index (χ4v) is 2.55. The Hall–Kier alpha value is -2.94. The summed E-state index contributed by atoms with van der Waals surface area (Å²) < 4.78 is 5.74. The predicted octanol–water partition coefficient (Wildman–Crippen LogP) is 5.11. The number of nitrogens with zero attached hydrogens (tertiary/aromatic N) is 1. The third-order valence-corrected chi connectivity index (χ3v) is 3.97. The van der Waals surface area contributed by atoms with Crippen molar-refractivity contribution >= 4 is 11.9 Å². The number of hydrogen-bond donors (Lipinski definition) is 0. The number of oxazole rings is 1. The van der Waals surface area contributed by atoms with Crippen LogP contribution in [0.5, 0.6) is 0 Å². The molecule has 1 heterocycles. The molecular weight excluding hydrogens is 298 g/mol. The van der Waals surface area contributed by atoms with Crippen LogP contribution in [-0.4, -0.2) is 10.8 Å². The lowest BCUT2D eigenvalue weighted by Crippen LogP contribution is -2.02. The van der Waals surface area contributed by atoms with Gasteiger partial charge in [0.1, 0.15) is 5.76 Å². The zero-order valence-electron chi connectivity index (χ0n) is 13.7. The van der Waals surface area contributed by atoms with Crippen molar-refractivity contribution in [2.45, 2.75) is 19.8 Å². The quantitative estimate of drug-likeness (QED) is 0.593. The van der Waals surface area contributed by atoms with Gasteiger partial charge >= 0.3 is 0 Å². The molecule has 0 N–H and O–H groups in total. The molecule has 3 aromatic rings. The van der Waals surface area contributed by atoms with Crippen LogP contribution in [0.1, 0.15) is 33.8 Å². The summed E-state index contributed by atoms with van der Waals surface area (Å²) in [5.41, 5.74) is 3.50. The van der Waals surface area contributed by atoms with E-state index >= 15 is 0 Å². The van der Waals surface area contributed by atoms with Crippen LogP contribution < -0.4 is 0 Å². The number of aromatic nitrogens is 1. The van der Waals surface area contributed by atoms with E-state index in [1.165, 1.54) is 0 Å². The maximum Gasteiger partial charge on any atom is 0.226 e. The molecule has 3 rings (SSSR count). The van der Waals surface area contributed by atoms with E-state index in [0.29, 0.717) is 24.3 Å². The van der Waals surface area contributed by atoms with Gasteiger partial charge in [-0.1, -0.05) is 55.1 Å². The molecule has 0 aliphatic heterocycles.